The number of fused-ring (bicyclic) bond motifs is 1. The van der Waals surface area contributed by atoms with Crippen LogP contribution in [0.5, 0.6) is 5.88 Å². The molecule has 0 saturated carbocycles. The number of ether oxygens (including phenoxy) is 1. The van der Waals surface area contributed by atoms with E-state index in [1.54, 1.807) is 6.07 Å². The van der Waals surface area contributed by atoms with Gasteiger partial charge in [0.15, 0.2) is 0 Å². The molecule has 0 fully saturated rings. The summed E-state index contributed by atoms with van der Waals surface area (Å²) in [6.07, 6.45) is 1.20. The van der Waals surface area contributed by atoms with Gasteiger partial charge in [0.25, 0.3) is 15.9 Å². The molecular weight excluding hydrogens is 514 g/mol. The van der Waals surface area contributed by atoms with Crippen LogP contribution in [0, 0.1) is 13.8 Å². The second kappa shape index (κ2) is 10.6. The molecule has 5 aromatic rings. The molecule has 0 spiro atoms. The zero-order valence-electron chi connectivity index (χ0n) is 21.7. The minimum atomic E-state index is -3.90. The predicted octanol–water partition coefficient (Wildman–Crippen LogP) is 5.16. The molecule has 2 N–H and O–H groups in total. The summed E-state index contributed by atoms with van der Waals surface area (Å²) < 4.78 is 35.2. The van der Waals surface area contributed by atoms with E-state index < -0.39 is 10.0 Å². The van der Waals surface area contributed by atoms with E-state index in [1.165, 1.54) is 49.3 Å². The molecule has 9 nitrogen and oxygen atoms in total. The highest BCUT2D eigenvalue weighted by Gasteiger charge is 2.17. The lowest BCUT2D eigenvalue weighted by Gasteiger charge is -2.10. The van der Waals surface area contributed by atoms with Crippen LogP contribution >= 0.6 is 0 Å². The average Bonchev–Trinajstić information content (AvgIpc) is 3.18. The maximum atomic E-state index is 13.1. The number of nitrogens with zero attached hydrogens (tertiary/aromatic N) is 3. The van der Waals surface area contributed by atoms with Crippen molar-refractivity contribution < 1.29 is 17.9 Å². The van der Waals surface area contributed by atoms with Crippen LogP contribution in [0.3, 0.4) is 0 Å². The summed E-state index contributed by atoms with van der Waals surface area (Å²) in [5, 5.41) is 3.87. The van der Waals surface area contributed by atoms with Crippen molar-refractivity contribution in [2.75, 3.05) is 17.1 Å². The monoisotopic (exact) mass is 541 g/mol. The fourth-order valence-electron chi connectivity index (χ4n) is 4.38. The molecule has 0 atom stereocenters. The van der Waals surface area contributed by atoms with Gasteiger partial charge in [0.1, 0.15) is 12.1 Å². The van der Waals surface area contributed by atoms with Crippen LogP contribution in [0.15, 0.2) is 90.1 Å². The van der Waals surface area contributed by atoms with Crippen molar-refractivity contribution in [3.05, 3.63) is 108 Å². The Morgan fingerprint density at radius 1 is 0.949 bits per heavy atom. The minimum Gasteiger partial charge on any atom is -0.481 e. The van der Waals surface area contributed by atoms with E-state index in [1.807, 2.05) is 30.3 Å². The summed E-state index contributed by atoms with van der Waals surface area (Å²) in [6, 6.07) is 23.2. The lowest BCUT2D eigenvalue weighted by Crippen LogP contribution is -2.15. The Hall–Kier alpha value is -4.70. The molecule has 0 saturated heterocycles. The number of carbonyl (C=O) groups excluding carboxylic acids is 1. The molecule has 0 aliphatic rings. The van der Waals surface area contributed by atoms with Crippen LogP contribution in [0.1, 0.15) is 27.2 Å². The number of hydrogen-bond acceptors (Lipinski definition) is 6. The van der Waals surface area contributed by atoms with Crippen molar-refractivity contribution >= 4 is 38.3 Å². The van der Waals surface area contributed by atoms with Crippen LogP contribution in [0.25, 0.3) is 10.9 Å². The fourth-order valence-corrected chi connectivity index (χ4v) is 5.38. The molecule has 3 aromatic carbocycles. The number of hydrogen-bond donors (Lipinski definition) is 2. The van der Waals surface area contributed by atoms with Crippen LogP contribution in [0.4, 0.5) is 11.5 Å². The van der Waals surface area contributed by atoms with E-state index >= 15 is 0 Å². The Morgan fingerprint density at radius 2 is 1.69 bits per heavy atom. The van der Waals surface area contributed by atoms with Gasteiger partial charge in [0.05, 0.1) is 12.0 Å². The summed E-state index contributed by atoms with van der Waals surface area (Å²) >= 11 is 0. The molecule has 2 heterocycles. The van der Waals surface area contributed by atoms with Gasteiger partial charge in [-0.1, -0.05) is 30.3 Å². The highest BCUT2D eigenvalue weighted by molar-refractivity contribution is 7.92. The van der Waals surface area contributed by atoms with Gasteiger partial charge in [-0.15, -0.1) is 0 Å². The third-order valence-corrected chi connectivity index (χ3v) is 7.97. The van der Waals surface area contributed by atoms with Gasteiger partial charge >= 0.3 is 0 Å². The molecule has 10 heteroatoms. The SMILES string of the molecule is COc1cc(NS(=O)(=O)c2ccc(NC(=O)c3ccc4c(c3)c(C)c(C)n4Cc3ccccc3)cc2)ncn1. The van der Waals surface area contributed by atoms with Crippen molar-refractivity contribution in [1.29, 1.82) is 0 Å². The molecule has 0 bridgehead atoms. The Bertz CT molecular complexity index is 1770. The highest BCUT2D eigenvalue weighted by atomic mass is 32.2. The largest absolute Gasteiger partial charge is 0.481 e. The number of nitrogens with one attached hydrogen (secondary N) is 2. The van der Waals surface area contributed by atoms with Gasteiger partial charge in [0.2, 0.25) is 5.88 Å². The van der Waals surface area contributed by atoms with E-state index in [0.29, 0.717) is 11.3 Å². The van der Waals surface area contributed by atoms with Crippen molar-refractivity contribution in [2.24, 2.45) is 0 Å². The van der Waals surface area contributed by atoms with Gasteiger partial charge in [-0.25, -0.2) is 18.4 Å². The third kappa shape index (κ3) is 5.46. The number of benzene rings is 3. The summed E-state index contributed by atoms with van der Waals surface area (Å²) in [7, 11) is -2.47. The van der Waals surface area contributed by atoms with Gasteiger partial charge < -0.3 is 14.6 Å². The van der Waals surface area contributed by atoms with Gasteiger partial charge in [-0.05, 0) is 67.4 Å². The number of methoxy groups -OCH3 is 1. The topological polar surface area (TPSA) is 115 Å². The van der Waals surface area contributed by atoms with Crippen molar-refractivity contribution in [3.63, 3.8) is 0 Å². The first-order valence-electron chi connectivity index (χ1n) is 12.2. The molecular formula is C29H27N5O4S. The summed E-state index contributed by atoms with van der Waals surface area (Å²) in [5.74, 6) is 0.0291. The van der Waals surface area contributed by atoms with Crippen LogP contribution in [-0.4, -0.2) is 36.0 Å². The number of carbonyl (C=O) groups is 1. The van der Waals surface area contributed by atoms with E-state index in [-0.39, 0.29) is 22.5 Å². The molecule has 1 amide bonds. The molecule has 0 unspecified atom stereocenters. The molecule has 0 aliphatic heterocycles. The van der Waals surface area contributed by atoms with Gasteiger partial charge in [0, 0.05) is 40.5 Å². The van der Waals surface area contributed by atoms with Gasteiger partial charge in [-0.3, -0.25) is 9.52 Å². The minimum absolute atomic E-state index is 0.0188. The Morgan fingerprint density at radius 3 is 2.41 bits per heavy atom. The lowest BCUT2D eigenvalue weighted by atomic mass is 10.1. The smallest absolute Gasteiger partial charge is 0.263 e. The molecule has 0 aliphatic carbocycles. The number of anilines is 2. The maximum Gasteiger partial charge on any atom is 0.263 e. The molecule has 5 rings (SSSR count). The zero-order chi connectivity index (χ0) is 27.6. The highest BCUT2D eigenvalue weighted by Crippen LogP contribution is 2.28. The van der Waals surface area contributed by atoms with E-state index in [0.717, 1.165) is 28.7 Å². The molecule has 39 heavy (non-hydrogen) atoms. The maximum absolute atomic E-state index is 13.1. The Labute approximate surface area is 226 Å². The first kappa shape index (κ1) is 25.9. The Kier molecular flexibility index (Phi) is 7.03. The fraction of sp³-hybridized carbons (Fsp3) is 0.138. The first-order valence-corrected chi connectivity index (χ1v) is 13.7. The van der Waals surface area contributed by atoms with Crippen LogP contribution < -0.4 is 14.8 Å². The quantitative estimate of drug-likeness (QED) is 0.281. The summed E-state index contributed by atoms with van der Waals surface area (Å²) in [6.45, 7) is 4.90. The van der Waals surface area contributed by atoms with Crippen molar-refractivity contribution in [3.8, 4) is 5.88 Å². The first-order chi connectivity index (χ1) is 18.7. The Balaban J connectivity index is 1.32. The molecule has 198 valence electrons. The second-order valence-corrected chi connectivity index (χ2v) is 10.7. The van der Waals surface area contributed by atoms with E-state index in [9.17, 15) is 13.2 Å². The average molecular weight is 542 g/mol. The summed E-state index contributed by atoms with van der Waals surface area (Å²) in [5.41, 5.74) is 5.53. The van der Waals surface area contributed by atoms with Crippen LogP contribution in [-0.2, 0) is 16.6 Å². The zero-order valence-corrected chi connectivity index (χ0v) is 22.5. The van der Waals surface area contributed by atoms with E-state index in [4.69, 9.17) is 4.74 Å². The van der Waals surface area contributed by atoms with Gasteiger partial charge in [-0.2, -0.15) is 0 Å². The normalized spacial score (nSPS) is 11.4. The number of aromatic nitrogens is 3. The van der Waals surface area contributed by atoms with Crippen molar-refractivity contribution in [1.82, 2.24) is 14.5 Å². The number of aryl methyl sites for hydroxylation is 1. The standard InChI is InChI=1S/C29H27N5O4S/c1-19-20(2)34(17-21-7-5-4-6-8-21)26-14-9-22(15-25(19)26)29(35)32-23-10-12-24(13-11-23)39(36,37)33-27-16-28(38-3)31-18-30-27/h4-16,18H,17H2,1-3H3,(H,32,35)(H,30,31,33). The summed E-state index contributed by atoms with van der Waals surface area (Å²) in [4.78, 5) is 20.8. The lowest BCUT2D eigenvalue weighted by molar-refractivity contribution is 0.102. The van der Waals surface area contributed by atoms with E-state index in [2.05, 4.69) is 50.6 Å². The van der Waals surface area contributed by atoms with Crippen LogP contribution in [0.2, 0.25) is 0 Å². The van der Waals surface area contributed by atoms with Crippen molar-refractivity contribution in [2.45, 2.75) is 25.3 Å². The molecule has 0 radical (unpaired) electrons. The number of sulfonamides is 1. The number of rotatable bonds is 8. The molecule has 2 aromatic heterocycles. The predicted molar refractivity (Wildman–Crippen MR) is 151 cm³/mol. The third-order valence-electron chi connectivity index (χ3n) is 6.60. The second-order valence-electron chi connectivity index (χ2n) is 9.04. The number of amides is 1.